The van der Waals surface area contributed by atoms with E-state index in [1.54, 1.807) is 0 Å². The topological polar surface area (TPSA) is 41.1 Å². The first kappa shape index (κ1) is 8.92. The number of fused-ring (bicyclic) bond motifs is 2. The lowest BCUT2D eigenvalue weighted by molar-refractivity contribution is -0.122. The van der Waals surface area contributed by atoms with Gasteiger partial charge in [0, 0.05) is 25.6 Å². The Hall–Kier alpha value is -1.35. The van der Waals surface area contributed by atoms with E-state index in [1.165, 1.54) is 11.1 Å². The fourth-order valence-electron chi connectivity index (χ4n) is 2.59. The highest BCUT2D eigenvalue weighted by molar-refractivity contribution is 5.85. The molecule has 0 aromatic heterocycles. The lowest BCUT2D eigenvalue weighted by atomic mass is 9.88. The van der Waals surface area contributed by atoms with Crippen molar-refractivity contribution in [1.29, 1.82) is 0 Å². The summed E-state index contributed by atoms with van der Waals surface area (Å²) in [7, 11) is 0. The number of amides is 1. The Morgan fingerprint density at radius 1 is 1.27 bits per heavy atom. The Balaban J connectivity index is 2.09. The molecule has 1 amide bonds. The van der Waals surface area contributed by atoms with Crippen LogP contribution in [0.15, 0.2) is 35.5 Å². The Kier molecular flexibility index (Phi) is 1.99. The molecule has 0 spiro atoms. The van der Waals surface area contributed by atoms with Crippen molar-refractivity contribution >= 4 is 5.91 Å². The molecule has 15 heavy (non-hydrogen) atoms. The van der Waals surface area contributed by atoms with E-state index in [0.29, 0.717) is 5.92 Å². The largest absolute Gasteiger partial charge is 0.355 e. The maximum atomic E-state index is 11.8. The summed E-state index contributed by atoms with van der Waals surface area (Å²) in [4.78, 5) is 11.8. The molecule has 2 N–H and O–H groups in total. The SMILES string of the molecule is O=C1NCC2CNCC2=C2C=CC=CC12. The van der Waals surface area contributed by atoms with Crippen molar-refractivity contribution < 1.29 is 4.79 Å². The molecule has 3 nitrogen and oxygen atoms in total. The van der Waals surface area contributed by atoms with E-state index in [0.717, 1.165) is 19.6 Å². The third-order valence-electron chi connectivity index (χ3n) is 3.40. The van der Waals surface area contributed by atoms with Gasteiger partial charge < -0.3 is 10.6 Å². The Labute approximate surface area is 88.9 Å². The van der Waals surface area contributed by atoms with E-state index in [-0.39, 0.29) is 11.8 Å². The summed E-state index contributed by atoms with van der Waals surface area (Å²) in [6.07, 6.45) is 8.05. The molecule has 2 heterocycles. The summed E-state index contributed by atoms with van der Waals surface area (Å²) in [5.74, 6) is 0.576. The predicted molar refractivity (Wildman–Crippen MR) is 58.2 cm³/mol. The number of carbonyl (C=O) groups is 1. The van der Waals surface area contributed by atoms with E-state index < -0.39 is 0 Å². The summed E-state index contributed by atoms with van der Waals surface area (Å²) in [5.41, 5.74) is 2.63. The molecule has 0 saturated carbocycles. The molecule has 3 heteroatoms. The van der Waals surface area contributed by atoms with Crippen LogP contribution in [0.25, 0.3) is 0 Å². The zero-order valence-corrected chi connectivity index (χ0v) is 8.49. The minimum atomic E-state index is -0.0603. The minimum absolute atomic E-state index is 0.0603. The average molecular weight is 202 g/mol. The van der Waals surface area contributed by atoms with Crippen LogP contribution in [0.4, 0.5) is 0 Å². The Bertz CT molecular complexity index is 392. The number of carbonyl (C=O) groups excluding carboxylic acids is 1. The lowest BCUT2D eigenvalue weighted by Crippen LogP contribution is -2.32. The summed E-state index contributed by atoms with van der Waals surface area (Å²) < 4.78 is 0. The van der Waals surface area contributed by atoms with Crippen molar-refractivity contribution in [2.75, 3.05) is 19.6 Å². The number of allylic oxidation sites excluding steroid dienone is 3. The van der Waals surface area contributed by atoms with Crippen LogP contribution in [0.2, 0.25) is 0 Å². The quantitative estimate of drug-likeness (QED) is 0.596. The van der Waals surface area contributed by atoms with Crippen molar-refractivity contribution in [3.63, 3.8) is 0 Å². The van der Waals surface area contributed by atoms with Gasteiger partial charge in [-0.15, -0.1) is 0 Å². The van der Waals surface area contributed by atoms with Crippen LogP contribution in [-0.2, 0) is 4.79 Å². The maximum absolute atomic E-state index is 11.8. The molecule has 0 radical (unpaired) electrons. The van der Waals surface area contributed by atoms with Crippen LogP contribution < -0.4 is 10.6 Å². The second kappa shape index (κ2) is 3.35. The van der Waals surface area contributed by atoms with Gasteiger partial charge in [-0.3, -0.25) is 4.79 Å². The van der Waals surface area contributed by atoms with Gasteiger partial charge in [0.05, 0.1) is 5.92 Å². The van der Waals surface area contributed by atoms with Crippen LogP contribution in [0.1, 0.15) is 0 Å². The van der Waals surface area contributed by atoms with Gasteiger partial charge in [0.15, 0.2) is 0 Å². The van der Waals surface area contributed by atoms with Gasteiger partial charge in [0.25, 0.3) is 0 Å². The summed E-state index contributed by atoms with van der Waals surface area (Å²) >= 11 is 0. The van der Waals surface area contributed by atoms with Crippen LogP contribution in [0.3, 0.4) is 0 Å². The van der Waals surface area contributed by atoms with Crippen molar-refractivity contribution in [1.82, 2.24) is 10.6 Å². The first-order valence-corrected chi connectivity index (χ1v) is 5.42. The molecule has 0 bridgehead atoms. The van der Waals surface area contributed by atoms with Crippen molar-refractivity contribution in [3.05, 3.63) is 35.5 Å². The normalized spacial score (nSPS) is 33.5. The number of hydrogen-bond acceptors (Lipinski definition) is 2. The maximum Gasteiger partial charge on any atom is 0.231 e. The van der Waals surface area contributed by atoms with E-state index in [1.807, 2.05) is 18.2 Å². The van der Waals surface area contributed by atoms with Crippen LogP contribution >= 0.6 is 0 Å². The Morgan fingerprint density at radius 3 is 3.13 bits per heavy atom. The first-order valence-electron chi connectivity index (χ1n) is 5.42. The molecule has 1 aliphatic carbocycles. The third kappa shape index (κ3) is 1.35. The molecule has 3 aliphatic rings. The predicted octanol–water partition coefficient (Wildman–Crippen LogP) is 0.374. The third-order valence-corrected chi connectivity index (χ3v) is 3.40. The molecule has 2 atom stereocenters. The standard InChI is InChI=1S/C12H14N2O/c15-12-10-4-2-1-3-9(10)11-7-13-5-8(11)6-14-12/h1-4,8,10,13H,5-7H2,(H,14,15). The average Bonchev–Trinajstić information content (AvgIpc) is 2.69. The molecular formula is C12H14N2O. The molecule has 3 rings (SSSR count). The first-order chi connectivity index (χ1) is 7.36. The Morgan fingerprint density at radius 2 is 2.20 bits per heavy atom. The van der Waals surface area contributed by atoms with Gasteiger partial charge in [-0.2, -0.15) is 0 Å². The number of nitrogens with one attached hydrogen (secondary N) is 2. The molecular weight excluding hydrogens is 188 g/mol. The minimum Gasteiger partial charge on any atom is -0.355 e. The zero-order valence-electron chi connectivity index (χ0n) is 8.49. The van der Waals surface area contributed by atoms with Crippen LogP contribution in [0.5, 0.6) is 0 Å². The van der Waals surface area contributed by atoms with E-state index in [2.05, 4.69) is 16.7 Å². The van der Waals surface area contributed by atoms with Gasteiger partial charge in [-0.25, -0.2) is 0 Å². The van der Waals surface area contributed by atoms with Crippen LogP contribution in [-0.4, -0.2) is 25.5 Å². The smallest absolute Gasteiger partial charge is 0.231 e. The highest BCUT2D eigenvalue weighted by Gasteiger charge is 2.32. The fraction of sp³-hybridized carbons (Fsp3) is 0.417. The monoisotopic (exact) mass is 202 g/mol. The number of hydrogen-bond donors (Lipinski definition) is 2. The van der Waals surface area contributed by atoms with E-state index >= 15 is 0 Å². The number of rotatable bonds is 0. The van der Waals surface area contributed by atoms with Gasteiger partial charge in [-0.1, -0.05) is 24.3 Å². The summed E-state index contributed by atoms with van der Waals surface area (Å²) in [6.45, 7) is 2.70. The molecule has 0 aromatic rings. The lowest BCUT2D eigenvalue weighted by Gasteiger charge is -2.15. The van der Waals surface area contributed by atoms with E-state index in [4.69, 9.17) is 0 Å². The highest BCUT2D eigenvalue weighted by Crippen LogP contribution is 2.30. The zero-order chi connectivity index (χ0) is 10.3. The summed E-state index contributed by atoms with van der Waals surface area (Å²) in [6, 6.07) is 0. The van der Waals surface area contributed by atoms with Crippen molar-refractivity contribution in [2.24, 2.45) is 11.8 Å². The summed E-state index contributed by atoms with van der Waals surface area (Å²) in [5, 5.41) is 6.38. The van der Waals surface area contributed by atoms with Gasteiger partial charge in [0.2, 0.25) is 5.91 Å². The second-order valence-electron chi connectivity index (χ2n) is 4.28. The molecule has 2 unspecified atom stereocenters. The van der Waals surface area contributed by atoms with Gasteiger partial charge in [0.1, 0.15) is 0 Å². The van der Waals surface area contributed by atoms with Crippen molar-refractivity contribution in [2.45, 2.75) is 0 Å². The van der Waals surface area contributed by atoms with Crippen molar-refractivity contribution in [3.8, 4) is 0 Å². The second-order valence-corrected chi connectivity index (χ2v) is 4.28. The van der Waals surface area contributed by atoms with E-state index in [9.17, 15) is 4.79 Å². The molecule has 2 aliphatic heterocycles. The molecule has 1 saturated heterocycles. The molecule has 0 aromatic carbocycles. The fourth-order valence-corrected chi connectivity index (χ4v) is 2.59. The molecule has 78 valence electrons. The highest BCUT2D eigenvalue weighted by atomic mass is 16.1. The molecule has 1 fully saturated rings. The van der Waals surface area contributed by atoms with Gasteiger partial charge >= 0.3 is 0 Å². The van der Waals surface area contributed by atoms with Crippen LogP contribution in [0, 0.1) is 11.8 Å². The van der Waals surface area contributed by atoms with Gasteiger partial charge in [-0.05, 0) is 11.1 Å².